The lowest BCUT2D eigenvalue weighted by Gasteiger charge is -2.19. The normalized spacial score (nSPS) is 29.3. The van der Waals surface area contributed by atoms with Gasteiger partial charge in [-0.15, -0.1) is 0 Å². The molecule has 4 unspecified atom stereocenters. The van der Waals surface area contributed by atoms with Crippen molar-refractivity contribution in [2.75, 3.05) is 13.7 Å². The zero-order valence-electron chi connectivity index (χ0n) is 11.7. The number of rotatable bonds is 3. The number of ether oxygens (including phenoxy) is 2. The van der Waals surface area contributed by atoms with Crippen molar-refractivity contribution >= 4 is 11.2 Å². The summed E-state index contributed by atoms with van der Waals surface area (Å²) in [7, 11) is 3.18. The summed E-state index contributed by atoms with van der Waals surface area (Å²) in [6.45, 7) is -0.309. The first-order valence-electron chi connectivity index (χ1n) is 6.48. The van der Waals surface area contributed by atoms with Crippen LogP contribution < -0.4 is 5.49 Å². The smallest absolute Gasteiger partial charge is 0.167 e. The Bertz CT molecular complexity index is 711. The monoisotopic (exact) mass is 295 g/mol. The number of methoxy groups -OCH3 is 1. The van der Waals surface area contributed by atoms with Crippen molar-refractivity contribution in [3.8, 4) is 0 Å². The van der Waals surface area contributed by atoms with Crippen LogP contribution in [0.3, 0.4) is 0 Å². The maximum Gasteiger partial charge on any atom is 0.167 e. The Hall–Kier alpha value is -1.81. The summed E-state index contributed by atoms with van der Waals surface area (Å²) in [4.78, 5) is 8.44. The molecule has 2 aromatic heterocycles. The number of aryl methyl sites for hydroxylation is 1. The molecule has 1 saturated heterocycles. The van der Waals surface area contributed by atoms with E-state index in [0.717, 1.165) is 0 Å². The average molecular weight is 295 g/mol. The zero-order valence-corrected chi connectivity index (χ0v) is 11.7. The summed E-state index contributed by atoms with van der Waals surface area (Å²) >= 11 is 0. The van der Waals surface area contributed by atoms with E-state index >= 15 is 0 Å². The molecule has 0 spiro atoms. The molecule has 1 aliphatic rings. The van der Waals surface area contributed by atoms with Gasteiger partial charge in [0.2, 0.25) is 0 Å². The number of hydrogen-bond acceptors (Lipinski definition) is 7. The third kappa shape index (κ3) is 2.05. The molecule has 0 radical (unpaired) electrons. The minimum Gasteiger partial charge on any atom is -0.394 e. The molecule has 0 amide bonds. The summed E-state index contributed by atoms with van der Waals surface area (Å²) in [5.41, 5.74) is 1.13. The van der Waals surface area contributed by atoms with E-state index in [1.54, 1.807) is 16.2 Å². The molecule has 0 aromatic carbocycles. The molecule has 114 valence electrons. The number of nitrogens with zero attached hydrogens (tertiary/aromatic N) is 4. The van der Waals surface area contributed by atoms with Crippen molar-refractivity contribution in [3.05, 3.63) is 18.1 Å². The second kappa shape index (κ2) is 5.19. The van der Waals surface area contributed by atoms with Crippen LogP contribution in [0.25, 0.3) is 11.2 Å². The second-order valence-electron chi connectivity index (χ2n) is 4.97. The van der Waals surface area contributed by atoms with Crippen molar-refractivity contribution in [2.45, 2.75) is 24.5 Å². The fraction of sp³-hybridized carbons (Fsp3) is 0.583. The molecule has 21 heavy (non-hydrogen) atoms. The van der Waals surface area contributed by atoms with Crippen LogP contribution in [0, 0.1) is 5.41 Å². The summed E-state index contributed by atoms with van der Waals surface area (Å²) in [6.07, 6.45) is 0.0278. The lowest BCUT2D eigenvalue weighted by molar-refractivity contribution is -0.0583. The third-order valence-corrected chi connectivity index (χ3v) is 3.74. The molecule has 9 nitrogen and oxygen atoms in total. The predicted molar refractivity (Wildman–Crippen MR) is 70.2 cm³/mol. The molecule has 3 rings (SSSR count). The highest BCUT2D eigenvalue weighted by Crippen LogP contribution is 2.32. The van der Waals surface area contributed by atoms with Gasteiger partial charge in [-0.25, -0.2) is 9.97 Å². The van der Waals surface area contributed by atoms with Crippen molar-refractivity contribution in [2.24, 2.45) is 7.05 Å². The maximum atomic E-state index is 10.1. The first-order chi connectivity index (χ1) is 10.1. The standard InChI is InChI=1S/C12H17N5O4/c1-16-4-15-11-7(10(16)13)14-5-17(11)12-9(20-2)8(19)6(3-18)21-12/h4-6,8-9,12-13,18-19H,3H2,1-2H3. The van der Waals surface area contributed by atoms with Gasteiger partial charge in [0.1, 0.15) is 23.8 Å². The Labute approximate surface area is 119 Å². The van der Waals surface area contributed by atoms with Crippen molar-refractivity contribution in [3.63, 3.8) is 0 Å². The quantitative estimate of drug-likeness (QED) is 0.635. The molecule has 9 heteroatoms. The topological polar surface area (TPSA) is 118 Å². The number of hydrogen-bond donors (Lipinski definition) is 3. The summed E-state index contributed by atoms with van der Waals surface area (Å²) < 4.78 is 14.1. The van der Waals surface area contributed by atoms with E-state index < -0.39 is 24.5 Å². The summed E-state index contributed by atoms with van der Waals surface area (Å²) in [5.74, 6) is 0. The SMILES string of the molecule is COC1C(O)C(CO)OC1n1cnc2c(=N)n(C)cnc21. The summed E-state index contributed by atoms with van der Waals surface area (Å²) in [5, 5.41) is 27.3. The maximum absolute atomic E-state index is 10.1. The molecule has 0 saturated carbocycles. The van der Waals surface area contributed by atoms with E-state index in [1.807, 2.05) is 0 Å². The van der Waals surface area contributed by atoms with Gasteiger partial charge in [0, 0.05) is 14.2 Å². The minimum absolute atomic E-state index is 0.227. The number of aromatic nitrogens is 4. The zero-order chi connectivity index (χ0) is 15.1. The molecule has 0 aliphatic carbocycles. The lowest BCUT2D eigenvalue weighted by Crippen LogP contribution is -2.34. The fourth-order valence-corrected chi connectivity index (χ4v) is 2.55. The van der Waals surface area contributed by atoms with E-state index in [4.69, 9.17) is 14.9 Å². The van der Waals surface area contributed by atoms with E-state index in [2.05, 4.69) is 9.97 Å². The Morgan fingerprint density at radius 2 is 2.19 bits per heavy atom. The van der Waals surface area contributed by atoms with Gasteiger partial charge in [-0.05, 0) is 0 Å². The average Bonchev–Trinajstić information content (AvgIpc) is 3.03. The molecular formula is C12H17N5O4. The van der Waals surface area contributed by atoms with Gasteiger partial charge in [0.15, 0.2) is 17.4 Å². The Kier molecular flexibility index (Phi) is 3.49. The number of fused-ring (bicyclic) bond motifs is 1. The number of nitrogens with one attached hydrogen (secondary N) is 1. The largest absolute Gasteiger partial charge is 0.394 e. The molecule has 0 bridgehead atoms. The van der Waals surface area contributed by atoms with E-state index in [-0.39, 0.29) is 12.1 Å². The molecule has 3 N–H and O–H groups in total. The van der Waals surface area contributed by atoms with Gasteiger partial charge >= 0.3 is 0 Å². The third-order valence-electron chi connectivity index (χ3n) is 3.74. The molecule has 4 atom stereocenters. The van der Waals surface area contributed by atoms with Gasteiger partial charge < -0.3 is 24.3 Å². The van der Waals surface area contributed by atoms with Crippen LogP contribution in [0.2, 0.25) is 0 Å². The van der Waals surface area contributed by atoms with Crippen LogP contribution >= 0.6 is 0 Å². The van der Waals surface area contributed by atoms with Gasteiger partial charge in [0.05, 0.1) is 19.3 Å². The Morgan fingerprint density at radius 3 is 2.86 bits per heavy atom. The molecule has 1 fully saturated rings. The van der Waals surface area contributed by atoms with Gasteiger partial charge in [-0.2, -0.15) is 0 Å². The van der Waals surface area contributed by atoms with E-state index in [0.29, 0.717) is 11.2 Å². The van der Waals surface area contributed by atoms with Crippen LogP contribution in [0.5, 0.6) is 0 Å². The van der Waals surface area contributed by atoms with E-state index in [1.165, 1.54) is 19.8 Å². The van der Waals surface area contributed by atoms with Crippen molar-refractivity contribution in [1.82, 2.24) is 19.1 Å². The molecule has 1 aliphatic heterocycles. The lowest BCUT2D eigenvalue weighted by atomic mass is 10.1. The first kappa shape index (κ1) is 14.1. The number of aliphatic hydroxyl groups excluding tert-OH is 2. The highest BCUT2D eigenvalue weighted by atomic mass is 16.6. The van der Waals surface area contributed by atoms with Gasteiger partial charge in [-0.1, -0.05) is 0 Å². The highest BCUT2D eigenvalue weighted by molar-refractivity contribution is 5.68. The fourth-order valence-electron chi connectivity index (χ4n) is 2.55. The molecule has 3 heterocycles. The van der Waals surface area contributed by atoms with Crippen molar-refractivity contribution in [1.29, 1.82) is 5.41 Å². The van der Waals surface area contributed by atoms with Crippen LogP contribution in [-0.2, 0) is 16.5 Å². The van der Waals surface area contributed by atoms with Crippen LogP contribution in [0.4, 0.5) is 0 Å². The summed E-state index contributed by atoms with van der Waals surface area (Å²) in [6, 6.07) is 0. The van der Waals surface area contributed by atoms with Crippen LogP contribution in [0.1, 0.15) is 6.23 Å². The molecular weight excluding hydrogens is 278 g/mol. The van der Waals surface area contributed by atoms with Crippen LogP contribution in [-0.4, -0.2) is 61.3 Å². The Morgan fingerprint density at radius 1 is 1.43 bits per heavy atom. The minimum atomic E-state index is -0.947. The second-order valence-corrected chi connectivity index (χ2v) is 4.97. The number of aliphatic hydroxyl groups is 2. The Balaban J connectivity index is 2.08. The highest BCUT2D eigenvalue weighted by Gasteiger charge is 2.45. The first-order valence-corrected chi connectivity index (χ1v) is 6.48. The number of imidazole rings is 1. The predicted octanol–water partition coefficient (Wildman–Crippen LogP) is -1.49. The van der Waals surface area contributed by atoms with Gasteiger partial charge in [0.25, 0.3) is 0 Å². The van der Waals surface area contributed by atoms with Gasteiger partial charge in [-0.3, -0.25) is 9.98 Å². The molecule has 2 aromatic rings. The van der Waals surface area contributed by atoms with Crippen molar-refractivity contribution < 1.29 is 19.7 Å². The van der Waals surface area contributed by atoms with E-state index in [9.17, 15) is 10.2 Å². The van der Waals surface area contributed by atoms with Crippen LogP contribution in [0.15, 0.2) is 12.7 Å².